The second kappa shape index (κ2) is 18.4. The lowest BCUT2D eigenvalue weighted by molar-refractivity contribution is -0.145. The highest BCUT2D eigenvalue weighted by atomic mass is 35.5. The smallest absolute Gasteiger partial charge is 0.309 e. The summed E-state index contributed by atoms with van der Waals surface area (Å²) in [6.07, 6.45) is 7.49. The largest absolute Gasteiger partial charge is 0.481 e. The lowest BCUT2D eigenvalue weighted by atomic mass is 9.94. The van der Waals surface area contributed by atoms with Crippen LogP contribution >= 0.6 is 11.6 Å². The van der Waals surface area contributed by atoms with Crippen molar-refractivity contribution in [3.63, 3.8) is 0 Å². The number of halogens is 1. The van der Waals surface area contributed by atoms with Crippen LogP contribution in [0.2, 0.25) is 5.02 Å². The Morgan fingerprint density at radius 1 is 1.05 bits per heavy atom. The van der Waals surface area contributed by atoms with Crippen LogP contribution in [-0.4, -0.2) is 66.3 Å². The number of ether oxygens (including phenoxy) is 2. The van der Waals surface area contributed by atoms with Crippen molar-refractivity contribution in [3.05, 3.63) is 81.8 Å². The molecule has 0 radical (unpaired) electrons. The minimum Gasteiger partial charge on any atom is -0.481 e. The number of nitrogens with one attached hydrogen (secondary N) is 1. The highest BCUT2D eigenvalue weighted by Gasteiger charge is 2.54. The van der Waals surface area contributed by atoms with Crippen molar-refractivity contribution in [1.82, 2.24) is 14.8 Å². The Labute approximate surface area is 336 Å². The fourth-order valence-electron chi connectivity index (χ4n) is 8.25. The van der Waals surface area contributed by atoms with E-state index in [1.165, 1.54) is 42.1 Å². The van der Waals surface area contributed by atoms with Crippen LogP contribution in [0, 0.1) is 23.7 Å². The molecule has 2 aliphatic carbocycles. The van der Waals surface area contributed by atoms with E-state index in [-0.39, 0.29) is 23.3 Å². The summed E-state index contributed by atoms with van der Waals surface area (Å²) in [5, 5.41) is 3.45. The molecule has 6 rings (SSSR count). The Morgan fingerprint density at radius 3 is 2.39 bits per heavy atom. The zero-order chi connectivity index (χ0) is 40.8. The maximum absolute atomic E-state index is 13.3. The molecule has 2 amide bonds. The predicted octanol–water partition coefficient (Wildman–Crippen LogP) is 8.85. The Balaban J connectivity index is 0.000000337. The average Bonchev–Trinajstić information content (AvgIpc) is 3.76. The number of likely N-dealkylation sites (N-methyl/N-ethyl adjacent to an activating group) is 1. The predicted molar refractivity (Wildman–Crippen MR) is 221 cm³/mol. The van der Waals surface area contributed by atoms with Gasteiger partial charge >= 0.3 is 5.97 Å². The van der Waals surface area contributed by atoms with Crippen LogP contribution in [0.1, 0.15) is 89.8 Å². The van der Waals surface area contributed by atoms with Gasteiger partial charge in [0.2, 0.25) is 11.7 Å². The summed E-state index contributed by atoms with van der Waals surface area (Å²) in [5.41, 5.74) is 6.97. The van der Waals surface area contributed by atoms with Crippen LogP contribution in [0.25, 0.3) is 22.4 Å². The summed E-state index contributed by atoms with van der Waals surface area (Å²) in [6, 6.07) is 13.6. The molecule has 0 spiro atoms. The molecule has 5 unspecified atom stereocenters. The number of rotatable bonds is 12. The molecule has 10 nitrogen and oxygen atoms in total. The van der Waals surface area contributed by atoms with Gasteiger partial charge in [0.05, 0.1) is 30.4 Å². The molecule has 3 aliphatic rings. The molecule has 1 saturated carbocycles. The van der Waals surface area contributed by atoms with Crippen molar-refractivity contribution in [2.75, 3.05) is 33.1 Å². The molecule has 5 atom stereocenters. The van der Waals surface area contributed by atoms with Gasteiger partial charge in [-0.05, 0) is 85.1 Å². The van der Waals surface area contributed by atoms with Gasteiger partial charge in [0, 0.05) is 42.7 Å². The first kappa shape index (κ1) is 42.2. The van der Waals surface area contributed by atoms with Crippen molar-refractivity contribution in [1.29, 1.82) is 0 Å². The number of benzene rings is 2. The molecule has 11 heteroatoms. The zero-order valence-corrected chi connectivity index (χ0v) is 34.9. The number of fused-ring (bicyclic) bond motifs is 1. The first-order valence-electron chi connectivity index (χ1n) is 19.8. The third-order valence-corrected chi connectivity index (χ3v) is 12.0. The van der Waals surface area contributed by atoms with Crippen LogP contribution in [0.15, 0.2) is 60.1 Å². The van der Waals surface area contributed by atoms with Crippen LogP contribution < -0.4 is 10.1 Å². The SMILES string of the molecule is CCOC(=O)C1C(CC)C1CC(C)CC.CCc1c(NC(=O)C2=CN(C)C(=C=O)N(C)C2=O)cccc1-c1cccc(-c2cc3c(c(OC)n2)C(C)CC3)c1Cl. The maximum atomic E-state index is 13.3. The Hall–Kier alpha value is -4.92. The summed E-state index contributed by atoms with van der Waals surface area (Å²) in [4.78, 5) is 56.3. The molecule has 56 heavy (non-hydrogen) atoms. The van der Waals surface area contributed by atoms with Gasteiger partial charge in [-0.3, -0.25) is 19.3 Å². The Bertz CT molecular complexity index is 2060. The van der Waals surface area contributed by atoms with E-state index >= 15 is 0 Å². The molecular weight excluding hydrogens is 728 g/mol. The quantitative estimate of drug-likeness (QED) is 0.110. The third-order valence-electron chi connectivity index (χ3n) is 11.6. The van der Waals surface area contributed by atoms with Gasteiger partial charge in [0.1, 0.15) is 5.57 Å². The molecule has 3 aromatic rings. The average molecular weight is 783 g/mol. The van der Waals surface area contributed by atoms with Gasteiger partial charge in [0.15, 0.2) is 5.94 Å². The molecule has 0 saturated heterocycles. The molecular formula is C45H55ClN4O6. The lowest BCUT2D eigenvalue weighted by Gasteiger charge is -2.29. The summed E-state index contributed by atoms with van der Waals surface area (Å²) in [7, 11) is 4.65. The van der Waals surface area contributed by atoms with Crippen molar-refractivity contribution in [2.45, 2.75) is 86.0 Å². The van der Waals surface area contributed by atoms with E-state index in [1.54, 1.807) is 26.2 Å². The van der Waals surface area contributed by atoms with Crippen LogP contribution in [0.3, 0.4) is 0 Å². The topological polar surface area (TPSA) is 118 Å². The van der Waals surface area contributed by atoms with E-state index < -0.39 is 11.8 Å². The van der Waals surface area contributed by atoms with Gasteiger partial charge in [0.25, 0.3) is 11.8 Å². The number of amides is 2. The zero-order valence-electron chi connectivity index (χ0n) is 34.1. The first-order chi connectivity index (χ1) is 26.8. The molecule has 298 valence electrons. The monoisotopic (exact) mass is 782 g/mol. The number of hydrogen-bond donors (Lipinski definition) is 1. The number of carbonyl (C=O) groups excluding carboxylic acids is 4. The summed E-state index contributed by atoms with van der Waals surface area (Å²) >= 11 is 7.07. The van der Waals surface area contributed by atoms with Crippen LogP contribution in [0.4, 0.5) is 5.69 Å². The van der Waals surface area contributed by atoms with Gasteiger partial charge in [-0.25, -0.2) is 9.78 Å². The van der Waals surface area contributed by atoms with E-state index in [2.05, 4.69) is 39.1 Å². The summed E-state index contributed by atoms with van der Waals surface area (Å²) in [5.74, 6) is 3.82. The molecule has 1 fully saturated rings. The van der Waals surface area contributed by atoms with Gasteiger partial charge < -0.3 is 19.7 Å². The summed E-state index contributed by atoms with van der Waals surface area (Å²) in [6.45, 7) is 13.2. The number of methoxy groups -OCH3 is 1. The van der Waals surface area contributed by atoms with Crippen LogP contribution in [0.5, 0.6) is 5.88 Å². The van der Waals surface area contributed by atoms with E-state index in [1.807, 2.05) is 44.2 Å². The van der Waals surface area contributed by atoms with Crippen molar-refractivity contribution < 1.29 is 28.7 Å². The van der Waals surface area contributed by atoms with E-state index in [0.717, 1.165) is 58.0 Å². The van der Waals surface area contributed by atoms with Gasteiger partial charge in [-0.1, -0.05) is 89.4 Å². The minimum absolute atomic E-state index is 0.0299. The number of aryl methyl sites for hydroxylation is 1. The fraction of sp³-hybridized carbons (Fsp3) is 0.467. The van der Waals surface area contributed by atoms with Crippen molar-refractivity contribution in [3.8, 4) is 28.3 Å². The lowest BCUT2D eigenvalue weighted by Crippen LogP contribution is -2.42. The van der Waals surface area contributed by atoms with Crippen LogP contribution in [-0.2, 0) is 36.8 Å². The number of nitrogens with zero attached hydrogens (tertiary/aromatic N) is 3. The van der Waals surface area contributed by atoms with E-state index in [0.29, 0.717) is 47.4 Å². The fourth-order valence-corrected chi connectivity index (χ4v) is 8.58. The molecule has 1 aliphatic heterocycles. The number of anilines is 1. The molecule has 2 heterocycles. The Morgan fingerprint density at radius 2 is 1.75 bits per heavy atom. The standard InChI is InChI=1S/C32H31ClN4O4.C13H24O2/c1-6-20-21(9-8-12-25(20)34-30(39)24-16-36(3)27(17-38)37(4)32(24)40)22-10-7-11-23(29(22)33)26-15-19-14-13-18(2)28(19)31(35-26)41-5;1-5-9(4)8-11-10(6-2)12(11)13(14)15-7-3/h7-12,15-16,18H,6,13-14H2,1-5H3,(H,34,39);9-12H,5-8H2,1-4H3. The highest BCUT2D eigenvalue weighted by molar-refractivity contribution is 6.36. The number of pyridine rings is 1. The molecule has 0 bridgehead atoms. The second-order valence-electron chi connectivity index (χ2n) is 15.0. The van der Waals surface area contributed by atoms with Crippen molar-refractivity contribution in [2.24, 2.45) is 23.7 Å². The molecule has 2 aromatic carbocycles. The number of hydrogen-bond acceptors (Lipinski definition) is 8. The summed E-state index contributed by atoms with van der Waals surface area (Å²) < 4.78 is 10.8. The molecule has 1 N–H and O–H groups in total. The van der Waals surface area contributed by atoms with E-state index in [9.17, 15) is 19.2 Å². The minimum atomic E-state index is -0.587. The Kier molecular flexibility index (Phi) is 13.8. The van der Waals surface area contributed by atoms with Gasteiger partial charge in [-0.15, -0.1) is 0 Å². The second-order valence-corrected chi connectivity index (χ2v) is 15.4. The molecule has 1 aromatic heterocycles. The van der Waals surface area contributed by atoms with Crippen molar-refractivity contribution >= 4 is 41.0 Å². The number of carbonyl (C=O) groups is 3. The maximum Gasteiger partial charge on any atom is 0.309 e. The normalized spacial score (nSPS) is 20.3. The van der Waals surface area contributed by atoms with E-state index in [4.69, 9.17) is 26.1 Å². The highest BCUT2D eigenvalue weighted by Crippen LogP contribution is 2.53. The number of aromatic nitrogens is 1. The third kappa shape index (κ3) is 8.57. The first-order valence-corrected chi connectivity index (χ1v) is 20.2. The van der Waals surface area contributed by atoms with Gasteiger partial charge in [-0.2, -0.15) is 0 Å². The number of esters is 1.